The molecule has 1 N–H and O–H groups in total. The predicted molar refractivity (Wildman–Crippen MR) is 73.6 cm³/mol. The Bertz CT molecular complexity index is 409. The number of hydrogen-bond donors (Lipinski definition) is 1. The maximum absolute atomic E-state index is 11.8. The van der Waals surface area contributed by atoms with Crippen molar-refractivity contribution in [2.24, 2.45) is 7.05 Å². The quantitative estimate of drug-likeness (QED) is 0.792. The van der Waals surface area contributed by atoms with Gasteiger partial charge in [0.15, 0.2) is 0 Å². The normalized spacial score (nSPS) is 17.6. The lowest BCUT2D eigenvalue weighted by atomic mass is 10.3. The summed E-state index contributed by atoms with van der Waals surface area (Å²) in [6.07, 6.45) is 4.27. The van der Waals surface area contributed by atoms with Crippen LogP contribution in [0.4, 0.5) is 0 Å². The van der Waals surface area contributed by atoms with E-state index in [1.807, 2.05) is 13.2 Å². The topological polar surface area (TPSA) is 53.4 Å². The van der Waals surface area contributed by atoms with Crippen molar-refractivity contribution < 1.29 is 4.79 Å². The second-order valence-corrected chi connectivity index (χ2v) is 5.19. The van der Waals surface area contributed by atoms with E-state index < -0.39 is 0 Å². The van der Waals surface area contributed by atoms with Gasteiger partial charge in [0.25, 0.3) is 0 Å². The first-order valence-electron chi connectivity index (χ1n) is 6.78. The summed E-state index contributed by atoms with van der Waals surface area (Å²) in [5.74, 6) is 0.114. The van der Waals surface area contributed by atoms with Crippen molar-refractivity contribution in [2.45, 2.75) is 13.0 Å². The standard InChI is InChI=1S/C13H23N5O/c1-16-5-7-18(8-6-16)4-3-13(19)14-9-12-10-15-17(2)11-12/h10-11H,3-9H2,1-2H3,(H,14,19). The molecule has 106 valence electrons. The Labute approximate surface area is 114 Å². The highest BCUT2D eigenvalue weighted by molar-refractivity contribution is 5.76. The molecule has 1 fully saturated rings. The number of nitrogens with one attached hydrogen (secondary N) is 1. The zero-order chi connectivity index (χ0) is 13.7. The Kier molecular flexibility index (Phi) is 4.93. The van der Waals surface area contributed by atoms with Gasteiger partial charge in [0.1, 0.15) is 0 Å². The zero-order valence-corrected chi connectivity index (χ0v) is 11.8. The maximum atomic E-state index is 11.8. The zero-order valence-electron chi connectivity index (χ0n) is 11.8. The number of piperazine rings is 1. The van der Waals surface area contributed by atoms with Gasteiger partial charge < -0.3 is 15.1 Å². The van der Waals surface area contributed by atoms with Crippen LogP contribution in [0, 0.1) is 0 Å². The van der Waals surface area contributed by atoms with Crippen molar-refractivity contribution in [3.05, 3.63) is 18.0 Å². The molecular weight excluding hydrogens is 242 g/mol. The number of aromatic nitrogens is 2. The van der Waals surface area contributed by atoms with Gasteiger partial charge >= 0.3 is 0 Å². The van der Waals surface area contributed by atoms with Crippen LogP contribution in [0.5, 0.6) is 0 Å². The molecule has 6 heteroatoms. The first kappa shape index (κ1) is 14.0. The number of rotatable bonds is 5. The van der Waals surface area contributed by atoms with E-state index in [0.29, 0.717) is 13.0 Å². The monoisotopic (exact) mass is 265 g/mol. The van der Waals surface area contributed by atoms with E-state index >= 15 is 0 Å². The summed E-state index contributed by atoms with van der Waals surface area (Å²) in [7, 11) is 4.01. The van der Waals surface area contributed by atoms with Gasteiger partial charge in [0, 0.05) is 64.5 Å². The van der Waals surface area contributed by atoms with Gasteiger partial charge in [0.05, 0.1) is 6.20 Å². The summed E-state index contributed by atoms with van der Waals surface area (Å²) >= 11 is 0. The Hall–Kier alpha value is -1.40. The smallest absolute Gasteiger partial charge is 0.221 e. The van der Waals surface area contributed by atoms with Gasteiger partial charge in [-0.05, 0) is 7.05 Å². The molecule has 0 unspecified atom stereocenters. The van der Waals surface area contributed by atoms with Gasteiger partial charge in [-0.15, -0.1) is 0 Å². The minimum atomic E-state index is 0.114. The highest BCUT2D eigenvalue weighted by Crippen LogP contribution is 2.00. The predicted octanol–water partition coefficient (Wildman–Crippen LogP) is -0.326. The highest BCUT2D eigenvalue weighted by Gasteiger charge is 2.14. The van der Waals surface area contributed by atoms with Crippen LogP contribution in [0.25, 0.3) is 0 Å². The minimum absolute atomic E-state index is 0.114. The molecule has 2 heterocycles. The SMILES string of the molecule is CN1CCN(CCC(=O)NCc2cnn(C)c2)CC1. The third-order valence-electron chi connectivity index (χ3n) is 3.50. The molecule has 0 bridgehead atoms. The van der Waals surface area contributed by atoms with Crippen LogP contribution in [0.15, 0.2) is 12.4 Å². The molecule has 19 heavy (non-hydrogen) atoms. The maximum Gasteiger partial charge on any atom is 0.221 e. The molecule has 1 amide bonds. The van der Waals surface area contributed by atoms with Crippen LogP contribution in [-0.4, -0.2) is 65.3 Å². The van der Waals surface area contributed by atoms with E-state index in [9.17, 15) is 4.79 Å². The molecule has 1 aromatic rings. The van der Waals surface area contributed by atoms with E-state index in [1.165, 1.54) is 0 Å². The number of amides is 1. The van der Waals surface area contributed by atoms with Crippen molar-refractivity contribution in [2.75, 3.05) is 39.8 Å². The summed E-state index contributed by atoms with van der Waals surface area (Å²) in [5, 5.41) is 7.00. The fourth-order valence-corrected chi connectivity index (χ4v) is 2.18. The molecule has 1 aromatic heterocycles. The summed E-state index contributed by atoms with van der Waals surface area (Å²) in [6, 6.07) is 0. The van der Waals surface area contributed by atoms with E-state index in [2.05, 4.69) is 27.3 Å². The Morgan fingerprint density at radius 3 is 2.68 bits per heavy atom. The highest BCUT2D eigenvalue weighted by atomic mass is 16.1. The molecule has 0 saturated carbocycles. The van der Waals surface area contributed by atoms with Crippen LogP contribution < -0.4 is 5.32 Å². The average molecular weight is 265 g/mol. The molecule has 1 saturated heterocycles. The lowest BCUT2D eigenvalue weighted by molar-refractivity contribution is -0.121. The molecule has 1 aliphatic heterocycles. The second kappa shape index (κ2) is 6.68. The number of carbonyl (C=O) groups excluding carboxylic acids is 1. The van der Waals surface area contributed by atoms with E-state index in [4.69, 9.17) is 0 Å². The lowest BCUT2D eigenvalue weighted by Crippen LogP contribution is -2.45. The molecule has 0 spiro atoms. The van der Waals surface area contributed by atoms with Crippen LogP contribution in [-0.2, 0) is 18.4 Å². The van der Waals surface area contributed by atoms with Crippen molar-refractivity contribution in [1.82, 2.24) is 24.9 Å². The van der Waals surface area contributed by atoms with Gasteiger partial charge in [-0.2, -0.15) is 5.10 Å². The molecule has 6 nitrogen and oxygen atoms in total. The van der Waals surface area contributed by atoms with Crippen LogP contribution in [0.3, 0.4) is 0 Å². The molecule has 2 rings (SSSR count). The van der Waals surface area contributed by atoms with Crippen molar-refractivity contribution in [3.8, 4) is 0 Å². The van der Waals surface area contributed by atoms with Crippen molar-refractivity contribution in [3.63, 3.8) is 0 Å². The van der Waals surface area contributed by atoms with E-state index in [-0.39, 0.29) is 5.91 Å². The Morgan fingerprint density at radius 2 is 2.05 bits per heavy atom. The van der Waals surface area contributed by atoms with Crippen molar-refractivity contribution in [1.29, 1.82) is 0 Å². The van der Waals surface area contributed by atoms with Gasteiger partial charge in [-0.1, -0.05) is 0 Å². The summed E-state index contributed by atoms with van der Waals surface area (Å²) in [5.41, 5.74) is 1.04. The molecular formula is C13H23N5O. The molecule has 0 aromatic carbocycles. The Balaban J connectivity index is 1.62. The first-order valence-corrected chi connectivity index (χ1v) is 6.78. The molecule has 0 aliphatic carbocycles. The van der Waals surface area contributed by atoms with Crippen LogP contribution in [0.1, 0.15) is 12.0 Å². The largest absolute Gasteiger partial charge is 0.352 e. The first-order chi connectivity index (χ1) is 9.13. The summed E-state index contributed by atoms with van der Waals surface area (Å²) in [6.45, 7) is 5.73. The van der Waals surface area contributed by atoms with Gasteiger partial charge in [-0.3, -0.25) is 9.48 Å². The second-order valence-electron chi connectivity index (χ2n) is 5.19. The number of aryl methyl sites for hydroxylation is 1. The Morgan fingerprint density at radius 1 is 1.32 bits per heavy atom. The van der Waals surface area contributed by atoms with Crippen LogP contribution >= 0.6 is 0 Å². The lowest BCUT2D eigenvalue weighted by Gasteiger charge is -2.32. The molecule has 1 aliphatic rings. The number of hydrogen-bond acceptors (Lipinski definition) is 4. The third-order valence-corrected chi connectivity index (χ3v) is 3.50. The minimum Gasteiger partial charge on any atom is -0.352 e. The number of carbonyl (C=O) groups is 1. The van der Waals surface area contributed by atoms with E-state index in [0.717, 1.165) is 38.3 Å². The third kappa shape index (κ3) is 4.65. The number of nitrogens with zero attached hydrogens (tertiary/aromatic N) is 4. The fourth-order valence-electron chi connectivity index (χ4n) is 2.18. The van der Waals surface area contributed by atoms with E-state index in [1.54, 1.807) is 10.9 Å². The molecule has 0 atom stereocenters. The average Bonchev–Trinajstić information content (AvgIpc) is 2.81. The summed E-state index contributed by atoms with van der Waals surface area (Å²) in [4.78, 5) is 16.4. The van der Waals surface area contributed by atoms with Gasteiger partial charge in [-0.25, -0.2) is 0 Å². The van der Waals surface area contributed by atoms with Crippen LogP contribution in [0.2, 0.25) is 0 Å². The van der Waals surface area contributed by atoms with Crippen molar-refractivity contribution >= 4 is 5.91 Å². The van der Waals surface area contributed by atoms with Gasteiger partial charge in [0.2, 0.25) is 5.91 Å². The fraction of sp³-hybridized carbons (Fsp3) is 0.692. The number of likely N-dealkylation sites (N-methyl/N-ethyl adjacent to an activating group) is 1. The summed E-state index contributed by atoms with van der Waals surface area (Å²) < 4.78 is 1.74. The molecule has 0 radical (unpaired) electrons.